The van der Waals surface area contributed by atoms with Gasteiger partial charge in [-0.05, 0) is 24.5 Å². The molecule has 0 aliphatic carbocycles. The smallest absolute Gasteiger partial charge is 0.410 e. The summed E-state index contributed by atoms with van der Waals surface area (Å²) in [6.45, 7) is 6.03. The average molecular weight is 390 g/mol. The Morgan fingerprint density at radius 2 is 2.11 bits per heavy atom. The summed E-state index contributed by atoms with van der Waals surface area (Å²) in [4.78, 5) is 14.4. The van der Waals surface area contributed by atoms with E-state index < -0.39 is 0 Å². The van der Waals surface area contributed by atoms with Crippen molar-refractivity contribution in [2.24, 2.45) is 5.92 Å². The Morgan fingerprint density at radius 1 is 1.33 bits per heavy atom. The Kier molecular flexibility index (Phi) is 6.78. The quantitative estimate of drug-likeness (QED) is 0.685. The van der Waals surface area contributed by atoms with Crippen LogP contribution in [0.15, 0.2) is 24.3 Å². The van der Waals surface area contributed by atoms with E-state index in [2.05, 4.69) is 24.0 Å². The number of carbonyl (C=O) groups is 1. The van der Waals surface area contributed by atoms with Crippen LogP contribution in [-0.4, -0.2) is 34.3 Å². The standard InChI is InChI=1S/C21H28ClN3O2/c1-3-5-6-15(4-2)14-27-21(26)25-12-11-19-18(13-25)20(24-23-19)16-7-9-17(22)10-8-16/h7-10,15H,3-6,11-14H2,1-2H3,(H,23,24). The molecule has 0 radical (unpaired) electrons. The van der Waals surface area contributed by atoms with Crippen molar-refractivity contribution in [3.8, 4) is 11.3 Å². The van der Waals surface area contributed by atoms with Gasteiger partial charge in [0, 0.05) is 34.8 Å². The summed E-state index contributed by atoms with van der Waals surface area (Å²) >= 11 is 5.99. The van der Waals surface area contributed by atoms with E-state index in [1.165, 1.54) is 12.8 Å². The number of nitrogens with one attached hydrogen (secondary N) is 1. The number of benzene rings is 1. The van der Waals surface area contributed by atoms with Crippen molar-refractivity contribution in [1.29, 1.82) is 0 Å². The van der Waals surface area contributed by atoms with Gasteiger partial charge in [-0.2, -0.15) is 5.10 Å². The molecule has 1 aliphatic heterocycles. The second-order valence-electron chi connectivity index (χ2n) is 7.20. The molecule has 0 bridgehead atoms. The van der Waals surface area contributed by atoms with E-state index in [1.54, 1.807) is 4.90 Å². The number of nitrogens with zero attached hydrogens (tertiary/aromatic N) is 2. The van der Waals surface area contributed by atoms with Crippen molar-refractivity contribution in [3.63, 3.8) is 0 Å². The molecule has 1 unspecified atom stereocenters. The lowest BCUT2D eigenvalue weighted by Crippen LogP contribution is -2.37. The van der Waals surface area contributed by atoms with Gasteiger partial charge in [0.15, 0.2) is 0 Å². The van der Waals surface area contributed by atoms with Crippen LogP contribution in [0.4, 0.5) is 4.79 Å². The zero-order chi connectivity index (χ0) is 19.2. The number of halogens is 1. The molecule has 1 amide bonds. The van der Waals surface area contributed by atoms with Crippen molar-refractivity contribution in [2.75, 3.05) is 13.2 Å². The van der Waals surface area contributed by atoms with Gasteiger partial charge in [0.1, 0.15) is 0 Å². The SMILES string of the molecule is CCCCC(CC)COC(=O)N1CCc2[nH]nc(-c3ccc(Cl)cc3)c2C1. The van der Waals surface area contributed by atoms with Crippen molar-refractivity contribution >= 4 is 17.7 Å². The third-order valence-corrected chi connectivity index (χ3v) is 5.55. The maximum absolute atomic E-state index is 12.6. The van der Waals surface area contributed by atoms with Crippen molar-refractivity contribution in [1.82, 2.24) is 15.1 Å². The molecule has 1 atom stereocenters. The Balaban J connectivity index is 1.64. The molecule has 1 aromatic carbocycles. The number of hydrogen-bond donors (Lipinski definition) is 1. The van der Waals surface area contributed by atoms with Gasteiger partial charge in [-0.15, -0.1) is 0 Å². The minimum atomic E-state index is -0.223. The zero-order valence-electron chi connectivity index (χ0n) is 16.1. The molecule has 5 nitrogen and oxygen atoms in total. The van der Waals surface area contributed by atoms with Crippen LogP contribution in [0.3, 0.4) is 0 Å². The summed E-state index contributed by atoms with van der Waals surface area (Å²) < 4.78 is 5.62. The highest BCUT2D eigenvalue weighted by atomic mass is 35.5. The number of unbranched alkanes of at least 4 members (excludes halogenated alkanes) is 1. The van der Waals surface area contributed by atoms with Crippen LogP contribution in [0.1, 0.15) is 50.8 Å². The highest BCUT2D eigenvalue weighted by molar-refractivity contribution is 6.30. The van der Waals surface area contributed by atoms with Gasteiger partial charge in [-0.25, -0.2) is 4.79 Å². The number of carbonyl (C=O) groups excluding carboxylic acids is 1. The Labute approximate surface area is 166 Å². The molecule has 146 valence electrons. The first-order chi connectivity index (χ1) is 13.1. The lowest BCUT2D eigenvalue weighted by molar-refractivity contribution is 0.0809. The van der Waals surface area contributed by atoms with Crippen LogP contribution in [-0.2, 0) is 17.7 Å². The molecule has 0 saturated carbocycles. The number of aromatic nitrogens is 2. The molecule has 1 N–H and O–H groups in total. The molecular weight excluding hydrogens is 362 g/mol. The van der Waals surface area contributed by atoms with E-state index in [0.717, 1.165) is 41.8 Å². The maximum atomic E-state index is 12.6. The maximum Gasteiger partial charge on any atom is 0.410 e. The van der Waals surface area contributed by atoms with E-state index in [0.29, 0.717) is 30.6 Å². The lowest BCUT2D eigenvalue weighted by Gasteiger charge is -2.27. The first-order valence-corrected chi connectivity index (χ1v) is 10.2. The molecule has 2 aromatic rings. The number of ether oxygens (including phenoxy) is 1. The summed E-state index contributed by atoms with van der Waals surface area (Å²) in [6.07, 6.45) is 5.06. The number of H-pyrrole nitrogens is 1. The first kappa shape index (κ1) is 19.7. The fraction of sp³-hybridized carbons (Fsp3) is 0.524. The van der Waals surface area contributed by atoms with Gasteiger partial charge in [0.25, 0.3) is 0 Å². The molecule has 1 aliphatic rings. The topological polar surface area (TPSA) is 58.2 Å². The molecule has 0 saturated heterocycles. The molecule has 2 heterocycles. The van der Waals surface area contributed by atoms with Crippen LogP contribution in [0.25, 0.3) is 11.3 Å². The first-order valence-electron chi connectivity index (χ1n) is 9.86. The summed E-state index contributed by atoms with van der Waals surface area (Å²) in [6, 6.07) is 7.62. The van der Waals surface area contributed by atoms with Crippen LogP contribution in [0, 0.1) is 5.92 Å². The van der Waals surface area contributed by atoms with Crippen LogP contribution < -0.4 is 0 Å². The van der Waals surface area contributed by atoms with Crippen LogP contribution >= 0.6 is 11.6 Å². The highest BCUT2D eigenvalue weighted by Gasteiger charge is 2.27. The number of aromatic amines is 1. The number of rotatable bonds is 7. The second kappa shape index (κ2) is 9.27. The Hall–Kier alpha value is -2.01. The zero-order valence-corrected chi connectivity index (χ0v) is 16.9. The van der Waals surface area contributed by atoms with Gasteiger partial charge in [0.05, 0.1) is 18.8 Å². The van der Waals surface area contributed by atoms with Crippen LogP contribution in [0.5, 0.6) is 0 Å². The van der Waals surface area contributed by atoms with Gasteiger partial charge < -0.3 is 9.64 Å². The molecule has 0 fully saturated rings. The summed E-state index contributed by atoms with van der Waals surface area (Å²) in [7, 11) is 0. The summed E-state index contributed by atoms with van der Waals surface area (Å²) in [5.74, 6) is 0.452. The van der Waals surface area contributed by atoms with Gasteiger partial charge in [-0.3, -0.25) is 5.10 Å². The van der Waals surface area contributed by atoms with Gasteiger partial charge >= 0.3 is 6.09 Å². The predicted molar refractivity (Wildman–Crippen MR) is 108 cm³/mol. The number of amides is 1. The molecule has 1 aromatic heterocycles. The average Bonchev–Trinajstić information content (AvgIpc) is 3.11. The van der Waals surface area contributed by atoms with E-state index in [4.69, 9.17) is 16.3 Å². The molecule has 3 rings (SSSR count). The lowest BCUT2D eigenvalue weighted by atomic mass is 10.0. The monoisotopic (exact) mass is 389 g/mol. The molecule has 6 heteroatoms. The minimum absolute atomic E-state index is 0.223. The second-order valence-corrected chi connectivity index (χ2v) is 7.64. The normalized spacial score (nSPS) is 14.7. The van der Waals surface area contributed by atoms with Gasteiger partial charge in [-0.1, -0.05) is 56.8 Å². The molecule has 27 heavy (non-hydrogen) atoms. The van der Waals surface area contributed by atoms with Crippen molar-refractivity contribution < 1.29 is 9.53 Å². The van der Waals surface area contributed by atoms with E-state index in [1.807, 2.05) is 24.3 Å². The predicted octanol–water partition coefficient (Wildman–Crippen LogP) is 5.44. The number of hydrogen-bond acceptors (Lipinski definition) is 3. The van der Waals surface area contributed by atoms with Crippen molar-refractivity contribution in [2.45, 2.75) is 52.5 Å². The Morgan fingerprint density at radius 3 is 2.81 bits per heavy atom. The van der Waals surface area contributed by atoms with Crippen molar-refractivity contribution in [3.05, 3.63) is 40.5 Å². The third kappa shape index (κ3) is 4.83. The molecular formula is C21H28ClN3O2. The summed E-state index contributed by atoms with van der Waals surface area (Å²) in [5, 5.41) is 8.28. The molecule has 0 spiro atoms. The van der Waals surface area contributed by atoms with E-state index >= 15 is 0 Å². The summed E-state index contributed by atoms with van der Waals surface area (Å²) in [5.41, 5.74) is 4.04. The third-order valence-electron chi connectivity index (χ3n) is 5.30. The highest BCUT2D eigenvalue weighted by Crippen LogP contribution is 2.29. The number of fused-ring (bicyclic) bond motifs is 1. The minimum Gasteiger partial charge on any atom is -0.449 e. The van der Waals surface area contributed by atoms with Gasteiger partial charge in [0.2, 0.25) is 0 Å². The van der Waals surface area contributed by atoms with E-state index in [-0.39, 0.29) is 6.09 Å². The van der Waals surface area contributed by atoms with Crippen LogP contribution in [0.2, 0.25) is 5.02 Å². The Bertz CT molecular complexity index is 757. The fourth-order valence-electron chi connectivity index (χ4n) is 3.48. The fourth-order valence-corrected chi connectivity index (χ4v) is 3.60. The largest absolute Gasteiger partial charge is 0.449 e. The van der Waals surface area contributed by atoms with E-state index in [9.17, 15) is 4.79 Å².